The normalized spacial score (nSPS) is 14.9. The summed E-state index contributed by atoms with van der Waals surface area (Å²) in [5, 5.41) is 3.63. The van der Waals surface area contributed by atoms with Crippen LogP contribution in [0.3, 0.4) is 0 Å². The molecule has 5 heteroatoms. The molecule has 2 amide bonds. The number of nitrogens with zero attached hydrogens (tertiary/aromatic N) is 1. The molecule has 4 nitrogen and oxygen atoms in total. The number of nitrogens with one attached hydrogen (secondary N) is 1. The zero-order chi connectivity index (χ0) is 20.5. The molecule has 28 heavy (non-hydrogen) atoms. The van der Waals surface area contributed by atoms with E-state index >= 15 is 0 Å². The van der Waals surface area contributed by atoms with Crippen LogP contribution < -0.4 is 5.32 Å². The highest BCUT2D eigenvalue weighted by molar-refractivity contribution is 6.30. The van der Waals surface area contributed by atoms with Gasteiger partial charge in [-0.3, -0.25) is 9.59 Å². The average Bonchev–Trinajstić information content (AvgIpc) is 2.58. The number of amides is 2. The fraction of sp³-hybridized carbons (Fsp3) is 0.391. The van der Waals surface area contributed by atoms with Crippen molar-refractivity contribution >= 4 is 29.1 Å². The predicted molar refractivity (Wildman–Crippen MR) is 114 cm³/mol. The molecule has 0 radical (unpaired) electrons. The molecule has 1 aliphatic rings. The van der Waals surface area contributed by atoms with Crippen LogP contribution in [0.25, 0.3) is 0 Å². The Balaban J connectivity index is 1.71. The van der Waals surface area contributed by atoms with Gasteiger partial charge in [0.15, 0.2) is 0 Å². The Labute approximate surface area is 171 Å². The lowest BCUT2D eigenvalue weighted by atomic mass is 9.63. The van der Waals surface area contributed by atoms with Gasteiger partial charge >= 0.3 is 0 Å². The number of halogens is 1. The lowest BCUT2D eigenvalue weighted by Crippen LogP contribution is -2.51. The number of likely N-dealkylation sites (N-methyl/N-ethyl adjacent to an activating group) is 1. The molecular weight excluding hydrogens is 372 g/mol. The minimum atomic E-state index is -0.532. The van der Waals surface area contributed by atoms with E-state index in [9.17, 15) is 9.59 Å². The lowest BCUT2D eigenvalue weighted by Gasteiger charge is -2.43. The Bertz CT molecular complexity index is 878. The predicted octanol–water partition coefficient (Wildman–Crippen LogP) is 4.78. The van der Waals surface area contributed by atoms with Crippen LogP contribution in [0.1, 0.15) is 41.5 Å². The summed E-state index contributed by atoms with van der Waals surface area (Å²) in [7, 11) is 1.70. The highest BCUT2D eigenvalue weighted by atomic mass is 35.5. The van der Waals surface area contributed by atoms with E-state index in [1.54, 1.807) is 11.9 Å². The van der Waals surface area contributed by atoms with Crippen molar-refractivity contribution in [1.29, 1.82) is 0 Å². The molecule has 0 unspecified atom stereocenters. The first-order chi connectivity index (χ1) is 13.2. The second-order valence-electron chi connectivity index (χ2n) is 7.93. The first kappa shape index (κ1) is 20.4. The van der Waals surface area contributed by atoms with Crippen LogP contribution in [-0.4, -0.2) is 30.3 Å². The zero-order valence-corrected chi connectivity index (χ0v) is 17.7. The largest absolute Gasteiger partial charge is 0.336 e. The van der Waals surface area contributed by atoms with Gasteiger partial charge in [0.05, 0.1) is 12.0 Å². The summed E-state index contributed by atoms with van der Waals surface area (Å²) in [5.41, 5.74) is 4.48. The van der Waals surface area contributed by atoms with E-state index in [1.165, 1.54) is 0 Å². The molecule has 0 spiro atoms. The summed E-state index contributed by atoms with van der Waals surface area (Å²) in [6, 6.07) is 11.6. The van der Waals surface area contributed by atoms with E-state index < -0.39 is 5.41 Å². The number of hydrogen-bond acceptors (Lipinski definition) is 2. The number of hydrogen-bond donors (Lipinski definition) is 1. The van der Waals surface area contributed by atoms with Crippen molar-refractivity contribution in [2.75, 3.05) is 18.9 Å². The molecular formula is C23H27ClN2O2. The highest BCUT2D eigenvalue weighted by Crippen LogP contribution is 2.45. The quantitative estimate of drug-likeness (QED) is 0.787. The van der Waals surface area contributed by atoms with Crippen molar-refractivity contribution in [3.8, 4) is 0 Å². The molecule has 1 N–H and O–H groups in total. The summed E-state index contributed by atoms with van der Waals surface area (Å²) in [4.78, 5) is 27.4. The van der Waals surface area contributed by atoms with Gasteiger partial charge in [-0.1, -0.05) is 47.9 Å². The van der Waals surface area contributed by atoms with Gasteiger partial charge in [0.25, 0.3) is 0 Å². The third-order valence-corrected chi connectivity index (χ3v) is 5.93. The Hall–Kier alpha value is -2.33. The molecule has 0 bridgehead atoms. The van der Waals surface area contributed by atoms with Crippen molar-refractivity contribution in [2.45, 2.75) is 45.4 Å². The van der Waals surface area contributed by atoms with Gasteiger partial charge in [-0.15, -0.1) is 0 Å². The molecule has 0 aliphatic heterocycles. The van der Waals surface area contributed by atoms with Crippen molar-refractivity contribution < 1.29 is 9.59 Å². The van der Waals surface area contributed by atoms with Gasteiger partial charge in [0.2, 0.25) is 11.8 Å². The second-order valence-corrected chi connectivity index (χ2v) is 8.36. The van der Waals surface area contributed by atoms with Crippen LogP contribution in [0.5, 0.6) is 0 Å². The van der Waals surface area contributed by atoms with Crippen LogP contribution in [0, 0.1) is 20.8 Å². The number of rotatable bonds is 5. The Morgan fingerprint density at radius 3 is 2.14 bits per heavy atom. The number of aryl methyl sites for hydroxylation is 3. The summed E-state index contributed by atoms with van der Waals surface area (Å²) >= 11 is 6.00. The Morgan fingerprint density at radius 1 is 1.07 bits per heavy atom. The smallest absolute Gasteiger partial charge is 0.243 e. The van der Waals surface area contributed by atoms with Crippen LogP contribution in [0.15, 0.2) is 36.4 Å². The topological polar surface area (TPSA) is 49.4 Å². The molecule has 148 valence electrons. The first-order valence-electron chi connectivity index (χ1n) is 9.62. The number of carbonyl (C=O) groups excluding carboxylic acids is 2. The minimum absolute atomic E-state index is 0.00595. The Morgan fingerprint density at radius 2 is 1.64 bits per heavy atom. The van der Waals surface area contributed by atoms with Crippen molar-refractivity contribution in [3.63, 3.8) is 0 Å². The fourth-order valence-electron chi connectivity index (χ4n) is 4.13. The van der Waals surface area contributed by atoms with Gasteiger partial charge < -0.3 is 10.2 Å². The zero-order valence-electron chi connectivity index (χ0n) is 16.9. The van der Waals surface area contributed by atoms with E-state index in [-0.39, 0.29) is 18.4 Å². The molecule has 1 aliphatic carbocycles. The third kappa shape index (κ3) is 3.93. The maximum absolute atomic E-state index is 13.2. The van der Waals surface area contributed by atoms with Crippen LogP contribution in [0.2, 0.25) is 5.02 Å². The third-order valence-electron chi connectivity index (χ3n) is 5.68. The van der Waals surface area contributed by atoms with Crippen LogP contribution >= 0.6 is 11.6 Å². The molecule has 0 atom stereocenters. The SMILES string of the molecule is Cc1cc(C)c(NC(=O)CN(C)C(=O)C2(c3ccc(Cl)cc3)CCC2)c(C)c1. The second kappa shape index (κ2) is 7.96. The molecule has 1 fully saturated rings. The van der Waals surface area contributed by atoms with Crippen molar-refractivity contribution in [2.24, 2.45) is 0 Å². The minimum Gasteiger partial charge on any atom is -0.336 e. The van der Waals surface area contributed by atoms with Crippen LogP contribution in [-0.2, 0) is 15.0 Å². The summed E-state index contributed by atoms with van der Waals surface area (Å²) in [5.74, 6) is -0.190. The van der Waals surface area contributed by atoms with Gasteiger partial charge in [-0.05, 0) is 62.4 Å². The summed E-state index contributed by atoms with van der Waals surface area (Å²) < 4.78 is 0. The van der Waals surface area contributed by atoms with E-state index in [1.807, 2.05) is 57.2 Å². The van der Waals surface area contributed by atoms with Crippen LogP contribution in [0.4, 0.5) is 5.69 Å². The van der Waals surface area contributed by atoms with Gasteiger partial charge in [-0.25, -0.2) is 0 Å². The number of anilines is 1. The first-order valence-corrected chi connectivity index (χ1v) is 10.00. The molecule has 0 aromatic heterocycles. The summed E-state index contributed by atoms with van der Waals surface area (Å²) in [6.45, 7) is 6.02. The van der Waals surface area contributed by atoms with E-state index in [0.717, 1.165) is 47.2 Å². The molecule has 3 rings (SSSR count). The lowest BCUT2D eigenvalue weighted by molar-refractivity contribution is -0.141. The molecule has 1 saturated carbocycles. The number of carbonyl (C=O) groups is 2. The molecule has 2 aromatic carbocycles. The van der Waals surface area contributed by atoms with Crippen molar-refractivity contribution in [1.82, 2.24) is 4.90 Å². The van der Waals surface area contributed by atoms with E-state index in [4.69, 9.17) is 11.6 Å². The van der Waals surface area contributed by atoms with Gasteiger partial charge in [0, 0.05) is 17.8 Å². The monoisotopic (exact) mass is 398 g/mol. The molecule has 2 aromatic rings. The average molecular weight is 399 g/mol. The van der Waals surface area contributed by atoms with E-state index in [0.29, 0.717) is 5.02 Å². The standard InChI is InChI=1S/C23H27ClN2O2/c1-15-12-16(2)21(17(3)13-15)25-20(27)14-26(4)22(28)23(10-5-11-23)18-6-8-19(24)9-7-18/h6-9,12-13H,5,10-11,14H2,1-4H3,(H,25,27). The van der Waals surface area contributed by atoms with Crippen molar-refractivity contribution in [3.05, 3.63) is 63.7 Å². The summed E-state index contributed by atoms with van der Waals surface area (Å²) in [6.07, 6.45) is 2.61. The van der Waals surface area contributed by atoms with Gasteiger partial charge in [-0.2, -0.15) is 0 Å². The molecule has 0 heterocycles. The number of benzene rings is 2. The fourth-order valence-corrected chi connectivity index (χ4v) is 4.26. The molecule has 0 saturated heterocycles. The van der Waals surface area contributed by atoms with E-state index in [2.05, 4.69) is 5.32 Å². The maximum Gasteiger partial charge on any atom is 0.243 e. The highest BCUT2D eigenvalue weighted by Gasteiger charge is 2.47. The Kier molecular flexibility index (Phi) is 5.80. The maximum atomic E-state index is 13.2. The van der Waals surface area contributed by atoms with Gasteiger partial charge in [0.1, 0.15) is 0 Å².